The van der Waals surface area contributed by atoms with Gasteiger partial charge in [0.15, 0.2) is 19.5 Å². The highest BCUT2D eigenvalue weighted by Crippen LogP contribution is 2.49. The van der Waals surface area contributed by atoms with E-state index >= 15 is 0 Å². The monoisotopic (exact) mass is 605 g/mol. The fraction of sp³-hybridized carbons (Fsp3) is 0.469. The Morgan fingerprint density at radius 2 is 1.63 bits per heavy atom. The van der Waals surface area contributed by atoms with Crippen LogP contribution in [0.1, 0.15) is 44.4 Å². The number of hydrogen-bond donors (Lipinski definition) is 3. The number of fused-ring (bicyclic) bond motifs is 1. The van der Waals surface area contributed by atoms with Gasteiger partial charge in [-0.2, -0.15) is 9.97 Å². The van der Waals surface area contributed by atoms with Crippen molar-refractivity contribution in [1.29, 1.82) is 0 Å². The van der Waals surface area contributed by atoms with E-state index in [0.29, 0.717) is 24.2 Å². The first kappa shape index (κ1) is 31.1. The van der Waals surface area contributed by atoms with Crippen LogP contribution in [0.25, 0.3) is 11.2 Å². The number of aliphatic hydroxyl groups is 2. The summed E-state index contributed by atoms with van der Waals surface area (Å²) in [6, 6.07) is 19.0. The van der Waals surface area contributed by atoms with Gasteiger partial charge in [-0.25, -0.2) is 4.98 Å². The molecular formula is C32H43N5O5Si. The van der Waals surface area contributed by atoms with Crippen LogP contribution in [-0.4, -0.2) is 63.0 Å². The maximum Gasteiger partial charge on any atom is 0.247 e. The third-order valence-electron chi connectivity index (χ3n) is 9.00. The number of imidazole rings is 1. The van der Waals surface area contributed by atoms with Gasteiger partial charge in [-0.1, -0.05) is 81.4 Å². The number of ether oxygens (including phenoxy) is 2. The summed E-state index contributed by atoms with van der Waals surface area (Å²) >= 11 is 0. The van der Waals surface area contributed by atoms with E-state index in [9.17, 15) is 10.2 Å². The lowest BCUT2D eigenvalue weighted by Gasteiger charge is -2.41. The quantitative estimate of drug-likeness (QED) is 0.204. The largest absolute Gasteiger partial charge is 0.471 e. The van der Waals surface area contributed by atoms with E-state index in [4.69, 9.17) is 19.6 Å². The fourth-order valence-corrected chi connectivity index (χ4v) is 6.88. The molecule has 2 aromatic heterocycles. The van der Waals surface area contributed by atoms with Crippen molar-refractivity contribution in [3.05, 3.63) is 78.1 Å². The third kappa shape index (κ3) is 6.46. The second kappa shape index (κ2) is 12.3. The van der Waals surface area contributed by atoms with Gasteiger partial charge in [-0.15, -0.1) is 0 Å². The van der Waals surface area contributed by atoms with E-state index in [2.05, 4.69) is 48.8 Å². The Bertz CT molecular complexity index is 1510. The van der Waals surface area contributed by atoms with E-state index < -0.39 is 32.5 Å². The molecule has 230 valence electrons. The van der Waals surface area contributed by atoms with Gasteiger partial charge in [0.2, 0.25) is 11.8 Å². The molecule has 5 rings (SSSR count). The van der Waals surface area contributed by atoms with Crippen LogP contribution < -0.4 is 10.5 Å². The number of nitrogen functional groups attached to an aromatic ring is 1. The molecular weight excluding hydrogens is 562 g/mol. The summed E-state index contributed by atoms with van der Waals surface area (Å²) < 4.78 is 20.9. The molecule has 43 heavy (non-hydrogen) atoms. The molecule has 4 N–H and O–H groups in total. The molecule has 0 bridgehead atoms. The highest BCUT2D eigenvalue weighted by Gasteiger charge is 2.57. The average Bonchev–Trinajstić information content (AvgIpc) is 3.50. The van der Waals surface area contributed by atoms with Crippen molar-refractivity contribution in [3.63, 3.8) is 0 Å². The van der Waals surface area contributed by atoms with Crippen molar-refractivity contribution >= 4 is 25.4 Å². The topological polar surface area (TPSA) is 138 Å². The number of anilines is 1. The van der Waals surface area contributed by atoms with E-state index in [1.807, 2.05) is 60.7 Å². The SMILES string of the molecule is CC(C)(C)[Si](C)(C)OC1CC(n2cnc3c(OCc4ccccc4)nc(N)nc32)C(O)(CO)C1COCc1ccccc1. The fourth-order valence-electron chi connectivity index (χ4n) is 5.51. The van der Waals surface area contributed by atoms with Crippen LogP contribution >= 0.6 is 0 Å². The Labute approximate surface area is 254 Å². The van der Waals surface area contributed by atoms with Gasteiger partial charge in [0, 0.05) is 5.92 Å². The second-order valence-corrected chi connectivity index (χ2v) is 17.7. The molecule has 0 radical (unpaired) electrons. The lowest BCUT2D eigenvalue weighted by molar-refractivity contribution is -0.107. The zero-order chi connectivity index (χ0) is 30.8. The van der Waals surface area contributed by atoms with Crippen LogP contribution in [0.5, 0.6) is 5.88 Å². The van der Waals surface area contributed by atoms with E-state index in [1.54, 1.807) is 10.9 Å². The number of benzene rings is 2. The number of hydrogen-bond acceptors (Lipinski definition) is 9. The van der Waals surface area contributed by atoms with Crippen molar-refractivity contribution in [2.45, 2.75) is 76.3 Å². The summed E-state index contributed by atoms with van der Waals surface area (Å²) in [5, 5.41) is 23.0. The first-order valence-electron chi connectivity index (χ1n) is 14.7. The van der Waals surface area contributed by atoms with Crippen molar-refractivity contribution in [1.82, 2.24) is 19.5 Å². The first-order chi connectivity index (χ1) is 20.4. The Morgan fingerprint density at radius 1 is 1.00 bits per heavy atom. The average molecular weight is 606 g/mol. The molecule has 1 aliphatic carbocycles. The van der Waals surface area contributed by atoms with Crippen molar-refractivity contribution in [3.8, 4) is 5.88 Å². The predicted molar refractivity (Wildman–Crippen MR) is 168 cm³/mol. The van der Waals surface area contributed by atoms with Gasteiger partial charge in [0.25, 0.3) is 0 Å². The minimum Gasteiger partial charge on any atom is -0.471 e. The first-order valence-corrected chi connectivity index (χ1v) is 17.6. The molecule has 1 aliphatic rings. The van der Waals surface area contributed by atoms with Crippen LogP contribution in [0.15, 0.2) is 67.0 Å². The third-order valence-corrected chi connectivity index (χ3v) is 13.5. The zero-order valence-corrected chi connectivity index (χ0v) is 26.6. The molecule has 1 fully saturated rings. The number of nitrogens with two attached hydrogens (primary N) is 1. The normalized spacial score (nSPS) is 22.7. The predicted octanol–water partition coefficient (Wildman–Crippen LogP) is 4.88. The minimum absolute atomic E-state index is 0.0275. The van der Waals surface area contributed by atoms with Crippen LogP contribution in [-0.2, 0) is 22.4 Å². The number of aliphatic hydroxyl groups excluding tert-OH is 1. The molecule has 2 heterocycles. The molecule has 10 nitrogen and oxygen atoms in total. The van der Waals surface area contributed by atoms with Crippen LogP contribution in [0.4, 0.5) is 5.95 Å². The molecule has 0 amide bonds. The minimum atomic E-state index is -2.26. The summed E-state index contributed by atoms with van der Waals surface area (Å²) in [7, 11) is -2.26. The maximum absolute atomic E-state index is 12.3. The van der Waals surface area contributed by atoms with Gasteiger partial charge in [-0.3, -0.25) is 0 Å². The van der Waals surface area contributed by atoms with Crippen molar-refractivity contribution < 1.29 is 24.1 Å². The second-order valence-electron chi connectivity index (χ2n) is 12.9. The van der Waals surface area contributed by atoms with Crippen molar-refractivity contribution in [2.75, 3.05) is 18.9 Å². The molecule has 0 spiro atoms. The molecule has 11 heteroatoms. The van der Waals surface area contributed by atoms with Gasteiger partial charge >= 0.3 is 0 Å². The number of aromatic nitrogens is 4. The summed E-state index contributed by atoms with van der Waals surface area (Å²) in [5.74, 6) is -0.224. The van der Waals surface area contributed by atoms with Gasteiger partial charge in [-0.05, 0) is 35.7 Å². The Balaban J connectivity index is 1.48. The van der Waals surface area contributed by atoms with Crippen LogP contribution in [0, 0.1) is 5.92 Å². The van der Waals surface area contributed by atoms with E-state index in [0.717, 1.165) is 11.1 Å². The Morgan fingerprint density at radius 3 is 2.23 bits per heavy atom. The molecule has 0 saturated heterocycles. The number of nitrogens with zero attached hydrogens (tertiary/aromatic N) is 4. The summed E-state index contributed by atoms with van der Waals surface area (Å²) in [4.78, 5) is 13.4. The maximum atomic E-state index is 12.3. The van der Waals surface area contributed by atoms with Gasteiger partial charge < -0.3 is 34.4 Å². The lowest BCUT2D eigenvalue weighted by Crippen LogP contribution is -2.51. The van der Waals surface area contributed by atoms with Crippen LogP contribution in [0.2, 0.25) is 18.1 Å². The van der Waals surface area contributed by atoms with E-state index in [1.165, 1.54) is 0 Å². The Hall–Kier alpha value is -3.35. The summed E-state index contributed by atoms with van der Waals surface area (Å²) in [5.41, 5.74) is 7.40. The molecule has 0 aliphatic heterocycles. The molecule has 1 saturated carbocycles. The zero-order valence-electron chi connectivity index (χ0n) is 25.6. The Kier molecular flexibility index (Phi) is 8.91. The van der Waals surface area contributed by atoms with E-state index in [-0.39, 0.29) is 36.2 Å². The molecule has 4 atom stereocenters. The van der Waals surface area contributed by atoms with Crippen molar-refractivity contribution in [2.24, 2.45) is 5.92 Å². The summed E-state index contributed by atoms with van der Waals surface area (Å²) in [6.45, 7) is 11.3. The van der Waals surface area contributed by atoms with Crippen LogP contribution in [0.3, 0.4) is 0 Å². The molecule has 4 aromatic rings. The summed E-state index contributed by atoms with van der Waals surface area (Å²) in [6.07, 6.45) is 1.67. The highest BCUT2D eigenvalue weighted by molar-refractivity contribution is 6.74. The molecule has 4 unspecified atom stereocenters. The van der Waals surface area contributed by atoms with Gasteiger partial charge in [0.05, 0.1) is 38.3 Å². The lowest BCUT2D eigenvalue weighted by atomic mass is 9.88. The molecule has 2 aromatic carbocycles. The number of rotatable bonds is 11. The standard InChI is InChI=1S/C32H43N5O5Si/c1-31(2,3)43(4,5)42-25-16-26(32(39,20-38)24(25)19-40-17-22-12-8-6-9-13-22)37-21-34-27-28(37)35-30(33)36-29(27)41-18-23-14-10-7-11-15-23/h6-15,21,24-26,38-39H,16-20H2,1-5H3,(H2,33,35,36). The highest BCUT2D eigenvalue weighted by atomic mass is 28.4. The van der Waals surface area contributed by atoms with Gasteiger partial charge in [0.1, 0.15) is 12.2 Å². The smallest absolute Gasteiger partial charge is 0.247 e.